The first kappa shape index (κ1) is 29.2. The molecule has 8 aliphatic rings. The Kier molecular flexibility index (Phi) is 6.23. The summed E-state index contributed by atoms with van der Waals surface area (Å²) in [5.74, 6) is 5.65. The molecule has 7 saturated carbocycles. The van der Waals surface area contributed by atoms with Gasteiger partial charge in [-0.1, -0.05) is 83.9 Å². The van der Waals surface area contributed by atoms with Crippen LogP contribution in [0.1, 0.15) is 92.0 Å². The Morgan fingerprint density at radius 1 is 0.604 bits per heavy atom. The van der Waals surface area contributed by atoms with E-state index < -0.39 is 5.60 Å². The van der Waals surface area contributed by atoms with E-state index in [1.165, 1.54) is 86.5 Å². The molecule has 7 bridgehead atoms. The first-order valence-corrected chi connectivity index (χ1v) is 19.7. The molecule has 4 aromatic rings. The highest BCUT2D eigenvalue weighted by atomic mass is 35.5. The Balaban J connectivity index is 0.953. The molecule has 12 rings (SSSR count). The third-order valence-electron chi connectivity index (χ3n) is 15.3. The van der Waals surface area contributed by atoms with Crippen LogP contribution in [0.2, 0.25) is 10.0 Å². The molecule has 5 unspecified atom stereocenters. The predicted molar refractivity (Wildman–Crippen MR) is 195 cm³/mol. The van der Waals surface area contributed by atoms with Crippen LogP contribution in [0.25, 0.3) is 22.3 Å². The minimum absolute atomic E-state index is 0.136. The molecular formula is C45H44Cl2O. The largest absolute Gasteiger partial charge is 0.385 e. The van der Waals surface area contributed by atoms with Gasteiger partial charge >= 0.3 is 0 Å². The van der Waals surface area contributed by atoms with Gasteiger partial charge in [0.15, 0.2) is 0 Å². The van der Waals surface area contributed by atoms with Crippen LogP contribution in [-0.4, -0.2) is 5.11 Å². The smallest absolute Gasteiger partial charge is 0.0958 e. The lowest BCUT2D eigenvalue weighted by molar-refractivity contribution is -0.179. The summed E-state index contributed by atoms with van der Waals surface area (Å²) < 4.78 is 0. The summed E-state index contributed by atoms with van der Waals surface area (Å²) in [4.78, 5) is 0. The molecule has 0 radical (unpaired) electrons. The van der Waals surface area contributed by atoms with Gasteiger partial charge in [-0.3, -0.25) is 0 Å². The monoisotopic (exact) mass is 670 g/mol. The number of fused-ring (bicyclic) bond motifs is 4. The lowest BCUT2D eigenvalue weighted by atomic mass is 9.48. The third-order valence-corrected chi connectivity index (χ3v) is 15.9. The first-order valence-electron chi connectivity index (χ1n) is 18.9. The minimum Gasteiger partial charge on any atom is -0.385 e. The van der Waals surface area contributed by atoms with E-state index in [1.807, 2.05) is 0 Å². The number of aliphatic hydroxyl groups is 1. The lowest BCUT2D eigenvalue weighted by Gasteiger charge is -2.59. The lowest BCUT2D eigenvalue weighted by Crippen LogP contribution is -2.55. The van der Waals surface area contributed by atoms with Crippen molar-refractivity contribution in [2.75, 3.05) is 0 Å². The van der Waals surface area contributed by atoms with E-state index in [-0.39, 0.29) is 5.41 Å². The van der Waals surface area contributed by atoms with Crippen molar-refractivity contribution in [3.63, 3.8) is 0 Å². The van der Waals surface area contributed by atoms with Crippen LogP contribution in [0.4, 0.5) is 0 Å². The van der Waals surface area contributed by atoms with Crippen LogP contribution in [0, 0.1) is 47.3 Å². The molecule has 1 nitrogen and oxygen atoms in total. The predicted octanol–water partition coefficient (Wildman–Crippen LogP) is 11.6. The second kappa shape index (κ2) is 10.2. The Hall–Kier alpha value is -2.58. The summed E-state index contributed by atoms with van der Waals surface area (Å²) in [6.07, 6.45) is 13.9. The summed E-state index contributed by atoms with van der Waals surface area (Å²) in [7, 11) is 0. The zero-order valence-electron chi connectivity index (χ0n) is 27.6. The van der Waals surface area contributed by atoms with E-state index in [9.17, 15) is 5.11 Å². The van der Waals surface area contributed by atoms with Gasteiger partial charge < -0.3 is 5.11 Å². The molecular weight excluding hydrogens is 627 g/mol. The van der Waals surface area contributed by atoms with E-state index in [0.717, 1.165) is 68.7 Å². The zero-order chi connectivity index (χ0) is 31.9. The molecule has 0 aliphatic heterocycles. The van der Waals surface area contributed by atoms with Gasteiger partial charge in [0, 0.05) is 15.5 Å². The van der Waals surface area contributed by atoms with Gasteiger partial charge in [0.2, 0.25) is 0 Å². The number of hydrogen-bond acceptors (Lipinski definition) is 1. The summed E-state index contributed by atoms with van der Waals surface area (Å²) in [5.41, 5.74) is 11.2. The van der Waals surface area contributed by atoms with Gasteiger partial charge in [-0.25, -0.2) is 0 Å². The van der Waals surface area contributed by atoms with Crippen molar-refractivity contribution in [3.05, 3.63) is 117 Å². The number of hydrogen-bond donors (Lipinski definition) is 1. The number of halogens is 2. The van der Waals surface area contributed by atoms with Crippen LogP contribution in [0.15, 0.2) is 78.9 Å². The molecule has 0 amide bonds. The number of rotatable bonds is 4. The fourth-order valence-electron chi connectivity index (χ4n) is 13.8. The van der Waals surface area contributed by atoms with Gasteiger partial charge in [0.1, 0.15) is 0 Å². The van der Waals surface area contributed by atoms with Crippen LogP contribution in [0.5, 0.6) is 0 Å². The van der Waals surface area contributed by atoms with Crippen LogP contribution < -0.4 is 0 Å². The van der Waals surface area contributed by atoms with E-state index in [0.29, 0.717) is 11.8 Å². The second-order valence-electron chi connectivity index (χ2n) is 17.3. The second-order valence-corrected chi connectivity index (χ2v) is 18.2. The SMILES string of the molecule is OC1(c2ccccc2-c2ccc(Cc3ccc4c(c3)C3(c5ccc(Cl)cc5-4)C4CCC5CC(C4)CC53)c(Cl)c2)C2CC3CC(C2)CC1C3. The Morgan fingerprint density at radius 2 is 1.38 bits per heavy atom. The van der Waals surface area contributed by atoms with Gasteiger partial charge in [-0.2, -0.15) is 0 Å². The standard InChI is InChI=1S/C45H44Cl2O/c46-35-10-12-39-38(24-35)37-11-5-25(21-42(37)44(39)32-9-8-30-15-28(16-32)22-41(30)44)14-31-7-6-29(23-43(31)47)36-3-1-2-4-40(36)45(48)33-17-26-13-27(19-33)20-34(45)18-26/h1-7,10-12,21,23-24,26-28,30,32-34,41,48H,8-9,13-20,22H2. The van der Waals surface area contributed by atoms with Crippen molar-refractivity contribution in [2.45, 2.75) is 81.6 Å². The quantitative estimate of drug-likeness (QED) is 0.229. The van der Waals surface area contributed by atoms with Crippen molar-refractivity contribution in [1.82, 2.24) is 0 Å². The van der Waals surface area contributed by atoms with Crippen molar-refractivity contribution in [3.8, 4) is 22.3 Å². The molecule has 0 saturated heterocycles. The summed E-state index contributed by atoms with van der Waals surface area (Å²) in [6.45, 7) is 0. The zero-order valence-corrected chi connectivity index (χ0v) is 29.1. The molecule has 0 heterocycles. The molecule has 244 valence electrons. The van der Waals surface area contributed by atoms with Gasteiger partial charge in [-0.05, 0) is 186 Å². The Morgan fingerprint density at radius 3 is 2.19 bits per heavy atom. The highest BCUT2D eigenvalue weighted by Gasteiger charge is 2.63. The molecule has 5 atom stereocenters. The summed E-state index contributed by atoms with van der Waals surface area (Å²) in [6, 6.07) is 29.4. The summed E-state index contributed by atoms with van der Waals surface area (Å²) >= 11 is 13.9. The van der Waals surface area contributed by atoms with Crippen molar-refractivity contribution in [2.24, 2.45) is 47.3 Å². The van der Waals surface area contributed by atoms with Crippen molar-refractivity contribution < 1.29 is 5.11 Å². The van der Waals surface area contributed by atoms with Gasteiger partial charge in [-0.15, -0.1) is 0 Å². The average molecular weight is 672 g/mol. The molecule has 7 fully saturated rings. The molecule has 1 spiro atoms. The topological polar surface area (TPSA) is 20.2 Å². The number of benzene rings is 4. The minimum atomic E-state index is -0.727. The fourth-order valence-corrected chi connectivity index (χ4v) is 14.2. The van der Waals surface area contributed by atoms with Crippen LogP contribution in [-0.2, 0) is 17.4 Å². The summed E-state index contributed by atoms with van der Waals surface area (Å²) in [5, 5.41) is 14.2. The maximum atomic E-state index is 12.5. The van der Waals surface area contributed by atoms with Gasteiger partial charge in [0.25, 0.3) is 0 Å². The van der Waals surface area contributed by atoms with Crippen LogP contribution in [0.3, 0.4) is 0 Å². The van der Waals surface area contributed by atoms with E-state index in [2.05, 4.69) is 78.9 Å². The Bertz CT molecular complexity index is 1960. The maximum Gasteiger partial charge on any atom is 0.0958 e. The van der Waals surface area contributed by atoms with E-state index >= 15 is 0 Å². The molecule has 0 aromatic heterocycles. The third kappa shape index (κ3) is 3.85. The highest BCUT2D eigenvalue weighted by molar-refractivity contribution is 6.31. The maximum absolute atomic E-state index is 12.5. The molecule has 1 N–H and O–H groups in total. The van der Waals surface area contributed by atoms with E-state index in [1.54, 1.807) is 11.1 Å². The Labute approximate surface area is 295 Å². The van der Waals surface area contributed by atoms with Gasteiger partial charge in [0.05, 0.1) is 5.60 Å². The molecule has 3 heteroatoms. The molecule has 48 heavy (non-hydrogen) atoms. The van der Waals surface area contributed by atoms with Crippen LogP contribution >= 0.6 is 23.2 Å². The first-order chi connectivity index (χ1) is 23.4. The normalized spacial score (nSPS) is 37.7. The average Bonchev–Trinajstić information content (AvgIpc) is 3.48. The van der Waals surface area contributed by atoms with E-state index in [4.69, 9.17) is 23.2 Å². The van der Waals surface area contributed by atoms with Crippen molar-refractivity contribution in [1.29, 1.82) is 0 Å². The molecule has 8 aliphatic carbocycles. The highest BCUT2D eigenvalue weighted by Crippen LogP contribution is 2.70. The molecule has 4 aromatic carbocycles. The van der Waals surface area contributed by atoms with Crippen molar-refractivity contribution >= 4 is 23.2 Å². The fraction of sp³-hybridized carbons (Fsp3) is 0.467.